The number of hydrogen-bond donors (Lipinski definition) is 1. The van der Waals surface area contributed by atoms with Crippen molar-refractivity contribution in [1.82, 2.24) is 10.1 Å². The van der Waals surface area contributed by atoms with Crippen LogP contribution in [0.1, 0.15) is 22.9 Å². The van der Waals surface area contributed by atoms with E-state index in [0.717, 1.165) is 17.8 Å². The van der Waals surface area contributed by atoms with Gasteiger partial charge in [-0.05, 0) is 28.0 Å². The fraction of sp³-hybridized carbons (Fsp3) is 0.235. The van der Waals surface area contributed by atoms with Crippen LogP contribution in [0.15, 0.2) is 64.0 Å². The molecule has 22 heavy (non-hydrogen) atoms. The molecule has 1 atom stereocenters. The molecule has 4 nitrogen and oxygen atoms in total. The normalized spacial score (nSPS) is 12.6. The second-order valence-electron chi connectivity index (χ2n) is 5.22. The largest absolute Gasteiger partial charge is 0.387 e. The van der Waals surface area contributed by atoms with Crippen LogP contribution in [0.4, 0.5) is 0 Å². The molecule has 3 rings (SSSR count). The molecule has 0 fully saturated rings. The summed E-state index contributed by atoms with van der Waals surface area (Å²) in [6.45, 7) is 1.96. The van der Waals surface area contributed by atoms with Crippen LogP contribution in [-0.2, 0) is 13.1 Å². The van der Waals surface area contributed by atoms with Crippen molar-refractivity contribution in [3.63, 3.8) is 0 Å². The Hall–Kier alpha value is -1.95. The molecule has 0 aliphatic carbocycles. The molecule has 0 radical (unpaired) electrons. The highest BCUT2D eigenvalue weighted by Gasteiger charge is 2.16. The molecule has 0 bridgehead atoms. The van der Waals surface area contributed by atoms with E-state index in [0.29, 0.717) is 13.1 Å². The van der Waals surface area contributed by atoms with E-state index < -0.39 is 6.10 Å². The third kappa shape index (κ3) is 4.04. The minimum atomic E-state index is -0.498. The molecular formula is C17H18N2O2S. The van der Waals surface area contributed by atoms with Gasteiger partial charge in [-0.2, -0.15) is 11.3 Å². The molecule has 3 aromatic rings. The number of aliphatic hydroxyl groups excluding tert-OH is 1. The fourth-order valence-corrected chi connectivity index (χ4v) is 3.10. The smallest absolute Gasteiger partial charge is 0.124 e. The second kappa shape index (κ2) is 7.35. The van der Waals surface area contributed by atoms with Gasteiger partial charge in [0.1, 0.15) is 6.26 Å². The van der Waals surface area contributed by atoms with Crippen molar-refractivity contribution in [3.05, 3.63) is 76.3 Å². The Labute approximate surface area is 133 Å². The van der Waals surface area contributed by atoms with Gasteiger partial charge in [0.15, 0.2) is 0 Å². The van der Waals surface area contributed by atoms with Crippen LogP contribution >= 0.6 is 11.3 Å². The molecule has 0 saturated heterocycles. The van der Waals surface area contributed by atoms with Gasteiger partial charge in [0.2, 0.25) is 0 Å². The molecule has 0 aliphatic heterocycles. The predicted octanol–water partition coefficient (Wildman–Crippen LogP) is 3.47. The first-order chi connectivity index (χ1) is 10.8. The average molecular weight is 314 g/mol. The summed E-state index contributed by atoms with van der Waals surface area (Å²) in [5.74, 6) is 0. The first kappa shape index (κ1) is 15.0. The van der Waals surface area contributed by atoms with Crippen LogP contribution in [0.25, 0.3) is 0 Å². The first-order valence-electron chi connectivity index (χ1n) is 7.17. The Bertz CT molecular complexity index is 653. The number of thiophene rings is 1. The third-order valence-corrected chi connectivity index (χ3v) is 4.19. The summed E-state index contributed by atoms with van der Waals surface area (Å²) < 4.78 is 4.91. The lowest BCUT2D eigenvalue weighted by atomic mass is 10.1. The minimum absolute atomic E-state index is 0.498. The summed E-state index contributed by atoms with van der Waals surface area (Å²) in [6.07, 6.45) is 1.08. The predicted molar refractivity (Wildman–Crippen MR) is 86.3 cm³/mol. The number of rotatable bonds is 7. The van der Waals surface area contributed by atoms with E-state index in [-0.39, 0.29) is 0 Å². The molecule has 0 aliphatic rings. The highest BCUT2D eigenvalue weighted by molar-refractivity contribution is 7.07. The Balaban J connectivity index is 1.70. The minimum Gasteiger partial charge on any atom is -0.387 e. The summed E-state index contributed by atoms with van der Waals surface area (Å²) in [7, 11) is 0. The van der Waals surface area contributed by atoms with Gasteiger partial charge in [0.25, 0.3) is 0 Å². The van der Waals surface area contributed by atoms with Crippen molar-refractivity contribution in [3.8, 4) is 0 Å². The van der Waals surface area contributed by atoms with Crippen molar-refractivity contribution in [2.24, 2.45) is 0 Å². The number of nitrogens with zero attached hydrogens (tertiary/aromatic N) is 2. The van der Waals surface area contributed by atoms with Crippen molar-refractivity contribution in [2.75, 3.05) is 6.54 Å². The van der Waals surface area contributed by atoms with Crippen molar-refractivity contribution in [2.45, 2.75) is 19.2 Å². The SMILES string of the molecule is OC(CN(Cc1ccccc1)Cc1ccon1)c1ccsc1. The molecule has 5 heteroatoms. The van der Waals surface area contributed by atoms with Crippen molar-refractivity contribution < 1.29 is 9.63 Å². The maximum Gasteiger partial charge on any atom is 0.124 e. The van der Waals surface area contributed by atoms with E-state index in [2.05, 4.69) is 22.2 Å². The molecule has 2 aromatic heterocycles. The molecule has 1 aromatic carbocycles. The second-order valence-corrected chi connectivity index (χ2v) is 6.00. The van der Waals surface area contributed by atoms with Crippen LogP contribution in [0.3, 0.4) is 0 Å². The van der Waals surface area contributed by atoms with E-state index >= 15 is 0 Å². The van der Waals surface area contributed by atoms with Gasteiger partial charge in [-0.1, -0.05) is 35.5 Å². The summed E-state index contributed by atoms with van der Waals surface area (Å²) in [4.78, 5) is 2.18. The van der Waals surface area contributed by atoms with Crippen LogP contribution < -0.4 is 0 Å². The number of aliphatic hydroxyl groups is 1. The highest BCUT2D eigenvalue weighted by atomic mass is 32.1. The van der Waals surface area contributed by atoms with Gasteiger partial charge in [0.05, 0.1) is 11.8 Å². The van der Waals surface area contributed by atoms with E-state index in [4.69, 9.17) is 4.52 Å². The monoisotopic (exact) mass is 314 g/mol. The lowest BCUT2D eigenvalue weighted by Gasteiger charge is -2.24. The standard InChI is InChI=1S/C17H18N2O2S/c20-17(15-7-9-22-13-15)12-19(11-16-6-8-21-18-16)10-14-4-2-1-3-5-14/h1-9,13,17,20H,10-12H2. The van der Waals surface area contributed by atoms with Gasteiger partial charge in [-0.3, -0.25) is 4.90 Å². The summed E-state index contributed by atoms with van der Waals surface area (Å²) in [6, 6.07) is 14.1. The summed E-state index contributed by atoms with van der Waals surface area (Å²) in [5.41, 5.74) is 3.04. The maximum atomic E-state index is 10.4. The zero-order chi connectivity index (χ0) is 15.2. The van der Waals surface area contributed by atoms with E-state index in [1.807, 2.05) is 41.1 Å². The molecule has 0 spiro atoms. The first-order valence-corrected chi connectivity index (χ1v) is 8.11. The van der Waals surface area contributed by atoms with Crippen LogP contribution in [0.5, 0.6) is 0 Å². The third-order valence-electron chi connectivity index (χ3n) is 3.48. The summed E-state index contributed by atoms with van der Waals surface area (Å²) >= 11 is 1.60. The number of benzene rings is 1. The van der Waals surface area contributed by atoms with Crippen LogP contribution in [0, 0.1) is 0 Å². The molecule has 2 heterocycles. The lowest BCUT2D eigenvalue weighted by molar-refractivity contribution is 0.104. The molecule has 1 unspecified atom stereocenters. The molecule has 0 saturated carbocycles. The van der Waals surface area contributed by atoms with Crippen LogP contribution in [0.2, 0.25) is 0 Å². The number of hydrogen-bond acceptors (Lipinski definition) is 5. The average Bonchev–Trinajstić information content (AvgIpc) is 3.21. The van der Waals surface area contributed by atoms with Crippen molar-refractivity contribution >= 4 is 11.3 Å². The Kier molecular flexibility index (Phi) is 5.00. The highest BCUT2D eigenvalue weighted by Crippen LogP contribution is 2.19. The fourth-order valence-electron chi connectivity index (χ4n) is 2.39. The quantitative estimate of drug-likeness (QED) is 0.725. The summed E-state index contributed by atoms with van der Waals surface area (Å²) in [5, 5.41) is 18.4. The van der Waals surface area contributed by atoms with Gasteiger partial charge >= 0.3 is 0 Å². The molecular weight excluding hydrogens is 296 g/mol. The topological polar surface area (TPSA) is 49.5 Å². The number of aromatic nitrogens is 1. The lowest BCUT2D eigenvalue weighted by Crippen LogP contribution is -2.28. The van der Waals surface area contributed by atoms with Gasteiger partial charge in [-0.15, -0.1) is 0 Å². The zero-order valence-corrected chi connectivity index (χ0v) is 12.9. The van der Waals surface area contributed by atoms with Gasteiger partial charge < -0.3 is 9.63 Å². The molecule has 114 valence electrons. The Morgan fingerprint density at radius 2 is 2.00 bits per heavy atom. The zero-order valence-electron chi connectivity index (χ0n) is 12.1. The van der Waals surface area contributed by atoms with E-state index in [1.54, 1.807) is 17.6 Å². The van der Waals surface area contributed by atoms with E-state index in [1.165, 1.54) is 5.56 Å². The maximum absolute atomic E-state index is 10.4. The Morgan fingerprint density at radius 3 is 2.68 bits per heavy atom. The van der Waals surface area contributed by atoms with Gasteiger partial charge in [0, 0.05) is 25.7 Å². The Morgan fingerprint density at radius 1 is 1.14 bits per heavy atom. The molecule has 0 amide bonds. The van der Waals surface area contributed by atoms with Crippen LogP contribution in [-0.4, -0.2) is 21.7 Å². The van der Waals surface area contributed by atoms with E-state index in [9.17, 15) is 5.11 Å². The van der Waals surface area contributed by atoms with Crippen molar-refractivity contribution in [1.29, 1.82) is 0 Å². The van der Waals surface area contributed by atoms with Gasteiger partial charge in [-0.25, -0.2) is 0 Å². The molecule has 1 N–H and O–H groups in total.